The predicted molar refractivity (Wildman–Crippen MR) is 88.5 cm³/mol. The molecule has 2 aromatic rings. The number of aryl methyl sites for hydroxylation is 1. The Kier molecular flexibility index (Phi) is 4.66. The van der Waals surface area contributed by atoms with Gasteiger partial charge in [0.25, 0.3) is 10.0 Å². The second-order valence-corrected chi connectivity index (χ2v) is 8.16. The summed E-state index contributed by atoms with van der Waals surface area (Å²) in [4.78, 5) is 14.9. The fourth-order valence-electron chi connectivity index (χ4n) is 2.95. The van der Waals surface area contributed by atoms with Crippen molar-refractivity contribution in [2.45, 2.75) is 30.5 Å². The van der Waals surface area contributed by atoms with E-state index >= 15 is 0 Å². The quantitative estimate of drug-likeness (QED) is 0.793. The van der Waals surface area contributed by atoms with Crippen molar-refractivity contribution in [3.8, 4) is 0 Å². The minimum Gasteiger partial charge on any atom is -0.339 e. The lowest BCUT2D eigenvalue weighted by Crippen LogP contribution is -2.31. The summed E-state index contributed by atoms with van der Waals surface area (Å²) >= 11 is 0. The standard InChI is InChI=1S/C15H22N6O2S/c1-19(2)9-12-7-16-8-13(18-12)14-5-4-6-21(14)24(22,23)15-10-20(3)11-17-15/h7-8,10-11,14H,4-6,9H2,1-3H3/t14-/m0/s1. The Labute approximate surface area is 142 Å². The average molecular weight is 350 g/mol. The summed E-state index contributed by atoms with van der Waals surface area (Å²) < 4.78 is 28.9. The summed E-state index contributed by atoms with van der Waals surface area (Å²) in [6, 6.07) is -0.286. The van der Waals surface area contributed by atoms with E-state index in [1.807, 2.05) is 19.0 Å². The van der Waals surface area contributed by atoms with Crippen LogP contribution in [-0.4, -0.2) is 57.8 Å². The van der Waals surface area contributed by atoms with E-state index in [1.165, 1.54) is 16.8 Å². The van der Waals surface area contributed by atoms with Crippen molar-refractivity contribution in [3.05, 3.63) is 36.3 Å². The van der Waals surface area contributed by atoms with Crippen LogP contribution in [0.4, 0.5) is 0 Å². The summed E-state index contributed by atoms with van der Waals surface area (Å²) in [7, 11) is 2.05. The Morgan fingerprint density at radius 3 is 2.79 bits per heavy atom. The zero-order valence-corrected chi connectivity index (χ0v) is 14.9. The molecule has 0 radical (unpaired) electrons. The second kappa shape index (κ2) is 6.58. The van der Waals surface area contributed by atoms with Gasteiger partial charge in [0, 0.05) is 32.5 Å². The van der Waals surface area contributed by atoms with Gasteiger partial charge in [0.05, 0.1) is 30.0 Å². The van der Waals surface area contributed by atoms with Crippen LogP contribution in [0, 0.1) is 0 Å². The van der Waals surface area contributed by atoms with Crippen LogP contribution in [0.2, 0.25) is 0 Å². The van der Waals surface area contributed by atoms with Gasteiger partial charge < -0.3 is 9.47 Å². The number of hydrogen-bond acceptors (Lipinski definition) is 6. The third-order valence-electron chi connectivity index (χ3n) is 3.98. The van der Waals surface area contributed by atoms with Gasteiger partial charge in [-0.2, -0.15) is 4.31 Å². The number of aromatic nitrogens is 4. The van der Waals surface area contributed by atoms with Crippen LogP contribution >= 0.6 is 0 Å². The van der Waals surface area contributed by atoms with Gasteiger partial charge in [-0.05, 0) is 26.9 Å². The second-order valence-electron chi connectivity index (χ2n) is 6.32. The molecule has 0 amide bonds. The molecule has 1 aliphatic heterocycles. The summed E-state index contributed by atoms with van der Waals surface area (Å²) in [5, 5.41) is 0.0781. The van der Waals surface area contributed by atoms with E-state index in [1.54, 1.807) is 24.0 Å². The highest BCUT2D eigenvalue weighted by molar-refractivity contribution is 7.89. The molecule has 1 atom stereocenters. The topological polar surface area (TPSA) is 84.2 Å². The van der Waals surface area contributed by atoms with E-state index in [0.717, 1.165) is 18.5 Å². The average Bonchev–Trinajstić information content (AvgIpc) is 3.16. The first-order valence-electron chi connectivity index (χ1n) is 7.83. The van der Waals surface area contributed by atoms with Gasteiger partial charge in [0.2, 0.25) is 0 Å². The Morgan fingerprint density at radius 2 is 2.12 bits per heavy atom. The van der Waals surface area contributed by atoms with E-state index in [9.17, 15) is 8.42 Å². The monoisotopic (exact) mass is 350 g/mol. The van der Waals surface area contributed by atoms with E-state index in [-0.39, 0.29) is 11.1 Å². The maximum atomic E-state index is 12.9. The molecule has 2 aromatic heterocycles. The van der Waals surface area contributed by atoms with Crippen molar-refractivity contribution >= 4 is 10.0 Å². The van der Waals surface area contributed by atoms with Crippen LogP contribution in [0.3, 0.4) is 0 Å². The fourth-order valence-corrected chi connectivity index (χ4v) is 4.59. The van der Waals surface area contributed by atoms with E-state index in [4.69, 9.17) is 0 Å². The van der Waals surface area contributed by atoms with E-state index < -0.39 is 10.0 Å². The molecule has 0 saturated carbocycles. The largest absolute Gasteiger partial charge is 0.339 e. The van der Waals surface area contributed by atoms with Crippen LogP contribution in [0.25, 0.3) is 0 Å². The smallest absolute Gasteiger partial charge is 0.262 e. The number of sulfonamides is 1. The van der Waals surface area contributed by atoms with Crippen molar-refractivity contribution < 1.29 is 8.42 Å². The zero-order chi connectivity index (χ0) is 17.3. The molecule has 1 fully saturated rings. The van der Waals surface area contributed by atoms with E-state index in [0.29, 0.717) is 18.8 Å². The normalized spacial score (nSPS) is 19.2. The molecule has 0 N–H and O–H groups in total. The summed E-state index contributed by atoms with van der Waals surface area (Å²) in [6.45, 7) is 1.14. The molecule has 8 nitrogen and oxygen atoms in total. The van der Waals surface area contributed by atoms with Crippen LogP contribution in [0.5, 0.6) is 0 Å². The Balaban J connectivity index is 1.91. The van der Waals surface area contributed by atoms with Gasteiger partial charge >= 0.3 is 0 Å². The molecule has 1 aliphatic rings. The highest BCUT2D eigenvalue weighted by atomic mass is 32.2. The zero-order valence-electron chi connectivity index (χ0n) is 14.1. The summed E-state index contributed by atoms with van der Waals surface area (Å²) in [5.41, 5.74) is 1.53. The van der Waals surface area contributed by atoms with Gasteiger partial charge in [0.1, 0.15) is 0 Å². The molecular formula is C15H22N6O2S. The SMILES string of the molecule is CN(C)Cc1cncc([C@@H]2CCCN2S(=O)(=O)c2cn(C)cn2)n1. The van der Waals surface area contributed by atoms with Crippen molar-refractivity contribution in [3.63, 3.8) is 0 Å². The maximum absolute atomic E-state index is 12.9. The number of hydrogen-bond donors (Lipinski definition) is 0. The third kappa shape index (κ3) is 3.33. The van der Waals surface area contributed by atoms with Crippen LogP contribution in [0.1, 0.15) is 30.3 Å². The van der Waals surface area contributed by atoms with Crippen molar-refractivity contribution in [2.24, 2.45) is 7.05 Å². The number of rotatable bonds is 5. The predicted octanol–water partition coefficient (Wildman–Crippen LogP) is 0.797. The molecule has 0 spiro atoms. The maximum Gasteiger partial charge on any atom is 0.262 e. The molecular weight excluding hydrogens is 328 g/mol. The van der Waals surface area contributed by atoms with Crippen molar-refractivity contribution in [2.75, 3.05) is 20.6 Å². The van der Waals surface area contributed by atoms with Crippen LogP contribution < -0.4 is 0 Å². The van der Waals surface area contributed by atoms with Gasteiger partial charge in [-0.25, -0.2) is 13.4 Å². The minimum atomic E-state index is -3.63. The Bertz CT molecular complexity index is 817. The van der Waals surface area contributed by atoms with Gasteiger partial charge in [-0.1, -0.05) is 0 Å². The summed E-state index contributed by atoms with van der Waals surface area (Å²) in [6.07, 6.45) is 7.95. The Morgan fingerprint density at radius 1 is 1.33 bits per heavy atom. The van der Waals surface area contributed by atoms with Crippen molar-refractivity contribution in [1.29, 1.82) is 0 Å². The molecule has 9 heteroatoms. The highest BCUT2D eigenvalue weighted by Crippen LogP contribution is 2.35. The first-order valence-corrected chi connectivity index (χ1v) is 9.27. The molecule has 130 valence electrons. The lowest BCUT2D eigenvalue weighted by Gasteiger charge is -2.23. The van der Waals surface area contributed by atoms with E-state index in [2.05, 4.69) is 15.0 Å². The molecule has 0 aromatic carbocycles. The minimum absolute atomic E-state index is 0.0781. The summed E-state index contributed by atoms with van der Waals surface area (Å²) in [5.74, 6) is 0. The molecule has 24 heavy (non-hydrogen) atoms. The lowest BCUT2D eigenvalue weighted by atomic mass is 10.1. The highest BCUT2D eigenvalue weighted by Gasteiger charge is 2.38. The molecule has 0 bridgehead atoms. The molecule has 0 aliphatic carbocycles. The van der Waals surface area contributed by atoms with Crippen molar-refractivity contribution in [1.82, 2.24) is 28.7 Å². The first kappa shape index (κ1) is 17.0. The fraction of sp³-hybridized carbons (Fsp3) is 0.533. The van der Waals surface area contributed by atoms with Crippen LogP contribution in [-0.2, 0) is 23.6 Å². The van der Waals surface area contributed by atoms with Gasteiger partial charge in [-0.3, -0.25) is 9.97 Å². The Hall–Kier alpha value is -1.84. The molecule has 0 unspecified atom stereocenters. The molecule has 3 heterocycles. The van der Waals surface area contributed by atoms with Gasteiger partial charge in [-0.15, -0.1) is 0 Å². The molecule has 1 saturated heterocycles. The first-order chi connectivity index (χ1) is 11.4. The number of imidazole rings is 1. The lowest BCUT2D eigenvalue weighted by molar-refractivity contribution is 0.377. The molecule has 3 rings (SSSR count). The number of nitrogens with zero attached hydrogens (tertiary/aromatic N) is 6. The van der Waals surface area contributed by atoms with Crippen LogP contribution in [0.15, 0.2) is 29.9 Å². The van der Waals surface area contributed by atoms with Gasteiger partial charge in [0.15, 0.2) is 5.03 Å². The third-order valence-corrected chi connectivity index (χ3v) is 5.77.